The molecule has 1 unspecified atom stereocenters. The topological polar surface area (TPSA) is 83.0 Å². The number of aromatic nitrogens is 3. The Bertz CT molecular complexity index is 1080. The smallest absolute Gasteiger partial charge is 0.324 e. The molecule has 1 saturated heterocycles. The summed E-state index contributed by atoms with van der Waals surface area (Å²) in [5, 5.41) is 9.25. The van der Waals surface area contributed by atoms with Crippen molar-refractivity contribution in [3.8, 4) is 10.6 Å². The molecule has 0 aliphatic carbocycles. The van der Waals surface area contributed by atoms with Crippen molar-refractivity contribution in [1.29, 1.82) is 0 Å². The molecule has 12 heteroatoms. The van der Waals surface area contributed by atoms with Gasteiger partial charge in [0.1, 0.15) is 11.9 Å². The minimum Gasteiger partial charge on any atom is -0.324 e. The summed E-state index contributed by atoms with van der Waals surface area (Å²) in [4.78, 5) is 27.6. The van der Waals surface area contributed by atoms with Crippen LogP contribution in [0.5, 0.6) is 0 Å². The largest absolute Gasteiger partial charge is 0.410 e. The van der Waals surface area contributed by atoms with Crippen molar-refractivity contribution in [2.24, 2.45) is 0 Å². The lowest BCUT2D eigenvalue weighted by Gasteiger charge is -2.37. The summed E-state index contributed by atoms with van der Waals surface area (Å²) in [6, 6.07) is 1.18. The first-order valence-electron chi connectivity index (χ1n) is 9.44. The molecule has 1 aliphatic rings. The number of piperazine rings is 1. The molecule has 0 bridgehead atoms. The van der Waals surface area contributed by atoms with Crippen LogP contribution in [0.4, 0.5) is 24.1 Å². The van der Waals surface area contributed by atoms with Crippen LogP contribution in [0.25, 0.3) is 10.6 Å². The van der Waals surface area contributed by atoms with Gasteiger partial charge in [-0.1, -0.05) is 0 Å². The fraction of sp³-hybridized carbons (Fsp3) is 0.368. The highest BCUT2D eigenvalue weighted by atomic mass is 32.1. The number of alkyl halides is 3. The fourth-order valence-electron chi connectivity index (χ4n) is 3.31. The Kier molecular flexibility index (Phi) is 5.95. The van der Waals surface area contributed by atoms with E-state index in [-0.39, 0.29) is 18.7 Å². The molecular weight excluding hydrogens is 449 g/mol. The summed E-state index contributed by atoms with van der Waals surface area (Å²) in [5.74, 6) is -0.238. The minimum absolute atomic E-state index is 0.0125. The molecule has 1 atom stereocenters. The maximum absolute atomic E-state index is 13.3. The maximum atomic E-state index is 13.3. The van der Waals surface area contributed by atoms with Crippen molar-refractivity contribution in [3.63, 3.8) is 0 Å². The molecule has 4 heterocycles. The molecule has 7 nitrogen and oxygen atoms in total. The molecule has 1 aliphatic heterocycles. The first-order valence-corrected chi connectivity index (χ1v) is 11.1. The molecule has 164 valence electrons. The number of aryl methyl sites for hydroxylation is 2. The first kappa shape index (κ1) is 21.7. The number of nitrogens with one attached hydrogen (secondary N) is 2. The molecular formula is C19H19F3N6OS2. The molecule has 31 heavy (non-hydrogen) atoms. The van der Waals surface area contributed by atoms with Crippen molar-refractivity contribution in [1.82, 2.24) is 25.2 Å². The molecule has 3 aromatic rings. The van der Waals surface area contributed by atoms with E-state index in [9.17, 15) is 18.0 Å². The lowest BCUT2D eigenvalue weighted by Crippen LogP contribution is -2.59. The van der Waals surface area contributed by atoms with Crippen molar-refractivity contribution in [2.75, 3.05) is 25.0 Å². The van der Waals surface area contributed by atoms with Crippen molar-refractivity contribution in [2.45, 2.75) is 26.1 Å². The van der Waals surface area contributed by atoms with Crippen molar-refractivity contribution >= 4 is 39.5 Å². The molecule has 2 N–H and O–H groups in total. The Balaban J connectivity index is 1.46. The molecule has 1 fully saturated rings. The monoisotopic (exact) mass is 468 g/mol. The van der Waals surface area contributed by atoms with Crippen molar-refractivity contribution < 1.29 is 18.0 Å². The van der Waals surface area contributed by atoms with E-state index in [1.165, 1.54) is 23.6 Å². The number of hydrogen-bond acceptors (Lipinski definition) is 8. The number of halogens is 3. The third-order valence-corrected chi connectivity index (χ3v) is 6.62. The average molecular weight is 469 g/mol. The van der Waals surface area contributed by atoms with E-state index in [0.717, 1.165) is 26.2 Å². The lowest BCUT2D eigenvalue weighted by atomic mass is 10.1. The zero-order valence-corrected chi connectivity index (χ0v) is 18.3. The average Bonchev–Trinajstić information content (AvgIpc) is 3.32. The molecule has 3 aromatic heterocycles. The number of thiazole rings is 2. The van der Waals surface area contributed by atoms with Crippen molar-refractivity contribution in [3.05, 3.63) is 40.0 Å². The van der Waals surface area contributed by atoms with Gasteiger partial charge in [0.2, 0.25) is 0 Å². The first-order chi connectivity index (χ1) is 14.7. The quantitative estimate of drug-likeness (QED) is 0.602. The summed E-state index contributed by atoms with van der Waals surface area (Å²) in [7, 11) is 0. The molecule has 1 amide bonds. The standard InChI is InChI=1S/C19H19F3N6OS2/c1-10-16(31-11(2)25-10)13-9-30-18(26-13)27-15-4-3-12(7-24-15)17(29)28-6-5-23-8-14(28)19(20,21)22/h3-4,7,9,14,23H,5-6,8H2,1-2H3,(H,24,26,27). The van der Waals surface area contributed by atoms with Gasteiger partial charge in [-0.15, -0.1) is 22.7 Å². The third kappa shape index (κ3) is 4.70. The van der Waals surface area contributed by atoms with Gasteiger partial charge in [0.25, 0.3) is 5.91 Å². The Hall–Kier alpha value is -2.57. The van der Waals surface area contributed by atoms with E-state index in [1.54, 1.807) is 17.4 Å². The van der Waals surface area contributed by atoms with Gasteiger partial charge in [-0.3, -0.25) is 4.79 Å². The summed E-state index contributed by atoms with van der Waals surface area (Å²) in [6.45, 7) is 3.87. The predicted octanol–water partition coefficient (Wildman–Crippen LogP) is 4.00. The highest BCUT2D eigenvalue weighted by Crippen LogP contribution is 2.33. The number of amides is 1. The minimum atomic E-state index is -4.49. The number of nitrogens with zero attached hydrogens (tertiary/aromatic N) is 4. The van der Waals surface area contributed by atoms with Crippen LogP contribution in [-0.2, 0) is 0 Å². The second kappa shape index (κ2) is 8.52. The Labute approximate surface area is 184 Å². The number of rotatable bonds is 4. The van der Waals surface area contributed by atoms with Gasteiger partial charge >= 0.3 is 6.18 Å². The van der Waals surface area contributed by atoms with Crippen LogP contribution in [0.1, 0.15) is 21.1 Å². The van der Waals surface area contributed by atoms with Gasteiger partial charge in [-0.25, -0.2) is 15.0 Å². The van der Waals surface area contributed by atoms with E-state index >= 15 is 0 Å². The van der Waals surface area contributed by atoms with E-state index in [4.69, 9.17) is 0 Å². The molecule has 0 saturated carbocycles. The van der Waals surface area contributed by atoms with Gasteiger partial charge in [0.05, 0.1) is 26.8 Å². The summed E-state index contributed by atoms with van der Waals surface area (Å²) in [6.07, 6.45) is -3.21. The SMILES string of the molecule is Cc1nc(C)c(-c2csc(Nc3ccc(C(=O)N4CCNCC4C(F)(F)F)cn3)n2)s1. The van der Waals surface area contributed by atoms with Gasteiger partial charge in [0.15, 0.2) is 5.13 Å². The normalized spacial score (nSPS) is 17.1. The van der Waals surface area contributed by atoms with Crippen LogP contribution in [0.15, 0.2) is 23.7 Å². The Morgan fingerprint density at radius 1 is 1.29 bits per heavy atom. The van der Waals surface area contributed by atoms with Crippen LogP contribution in [-0.4, -0.2) is 57.6 Å². The number of pyridine rings is 1. The number of carbonyl (C=O) groups is 1. The van der Waals surface area contributed by atoms with Crippen LogP contribution in [0.2, 0.25) is 0 Å². The number of hydrogen-bond donors (Lipinski definition) is 2. The Morgan fingerprint density at radius 2 is 2.10 bits per heavy atom. The summed E-state index contributed by atoms with van der Waals surface area (Å²) < 4.78 is 39.8. The molecule has 0 radical (unpaired) electrons. The maximum Gasteiger partial charge on any atom is 0.410 e. The second-order valence-electron chi connectivity index (χ2n) is 7.00. The highest BCUT2D eigenvalue weighted by molar-refractivity contribution is 7.16. The van der Waals surface area contributed by atoms with Gasteiger partial charge in [-0.2, -0.15) is 13.2 Å². The number of anilines is 2. The fourth-order valence-corrected chi connectivity index (χ4v) is 4.98. The number of carbonyl (C=O) groups excluding carboxylic acids is 1. The zero-order chi connectivity index (χ0) is 22.2. The highest BCUT2D eigenvalue weighted by Gasteiger charge is 2.46. The van der Waals surface area contributed by atoms with E-state index in [2.05, 4.69) is 25.6 Å². The predicted molar refractivity (Wildman–Crippen MR) is 114 cm³/mol. The third-order valence-electron chi connectivity index (χ3n) is 4.77. The van der Waals surface area contributed by atoms with E-state index in [0.29, 0.717) is 17.5 Å². The molecule has 4 rings (SSSR count). The van der Waals surface area contributed by atoms with Crippen LogP contribution in [0.3, 0.4) is 0 Å². The second-order valence-corrected chi connectivity index (χ2v) is 9.06. The van der Waals surface area contributed by atoms with Crippen LogP contribution >= 0.6 is 22.7 Å². The summed E-state index contributed by atoms with van der Waals surface area (Å²) in [5.41, 5.74) is 1.85. The van der Waals surface area contributed by atoms with Crippen LogP contribution in [0, 0.1) is 13.8 Å². The zero-order valence-electron chi connectivity index (χ0n) is 16.7. The Morgan fingerprint density at radius 3 is 2.74 bits per heavy atom. The van der Waals surface area contributed by atoms with E-state index < -0.39 is 18.1 Å². The van der Waals surface area contributed by atoms with Gasteiger partial charge in [-0.05, 0) is 26.0 Å². The van der Waals surface area contributed by atoms with E-state index in [1.807, 2.05) is 19.2 Å². The molecule has 0 aromatic carbocycles. The van der Waals surface area contributed by atoms with Crippen LogP contribution < -0.4 is 10.6 Å². The summed E-state index contributed by atoms with van der Waals surface area (Å²) >= 11 is 2.97. The lowest BCUT2D eigenvalue weighted by molar-refractivity contribution is -0.179. The van der Waals surface area contributed by atoms with Gasteiger partial charge < -0.3 is 15.5 Å². The molecule has 0 spiro atoms. The van der Waals surface area contributed by atoms with Gasteiger partial charge in [0, 0.05) is 31.2 Å².